The van der Waals surface area contributed by atoms with E-state index in [1.54, 1.807) is 27.7 Å². The van der Waals surface area contributed by atoms with E-state index in [0.717, 1.165) is 7.11 Å². The number of nitrogens with two attached hydrogens (primary N) is 1. The van der Waals surface area contributed by atoms with Crippen molar-refractivity contribution >= 4 is 24.4 Å². The van der Waals surface area contributed by atoms with Gasteiger partial charge in [-0.15, -0.1) is 0 Å². The van der Waals surface area contributed by atoms with Gasteiger partial charge >= 0.3 is 24.4 Å². The van der Waals surface area contributed by atoms with Gasteiger partial charge in [0, 0.05) is 0 Å². The lowest BCUT2D eigenvalue weighted by Gasteiger charge is -2.22. The fourth-order valence-electron chi connectivity index (χ4n) is 2.46. The van der Waals surface area contributed by atoms with E-state index >= 15 is 0 Å². The van der Waals surface area contributed by atoms with Gasteiger partial charge in [0.15, 0.2) is 11.5 Å². The van der Waals surface area contributed by atoms with E-state index in [-0.39, 0.29) is 17.9 Å². The monoisotopic (exact) mass is 499 g/mol. The van der Waals surface area contributed by atoms with E-state index in [1.807, 2.05) is 0 Å². The van der Waals surface area contributed by atoms with E-state index < -0.39 is 54.9 Å². The van der Waals surface area contributed by atoms with Crippen LogP contribution in [0.15, 0.2) is 18.2 Å². The summed E-state index contributed by atoms with van der Waals surface area (Å²) in [5, 5.41) is 0. The lowest BCUT2D eigenvalue weighted by Crippen LogP contribution is -2.39. The highest BCUT2D eigenvalue weighted by molar-refractivity contribution is 5.76. The number of hydrogen-bond donors (Lipinski definition) is 1. The molecule has 196 valence electrons. The summed E-state index contributed by atoms with van der Waals surface area (Å²) >= 11 is 0. The molecule has 0 saturated carbocycles. The zero-order valence-corrected chi connectivity index (χ0v) is 20.9. The van der Waals surface area contributed by atoms with Gasteiger partial charge in [-0.25, -0.2) is 14.4 Å². The molecule has 0 bridgehead atoms. The minimum atomic E-state index is -1.10. The average molecular weight is 500 g/mol. The molecule has 3 atom stereocenters. The van der Waals surface area contributed by atoms with E-state index in [9.17, 15) is 19.2 Å². The van der Waals surface area contributed by atoms with Crippen molar-refractivity contribution in [2.45, 2.75) is 78.4 Å². The van der Waals surface area contributed by atoms with Crippen LogP contribution in [0.4, 0.5) is 14.4 Å². The van der Waals surface area contributed by atoms with Crippen LogP contribution in [0.25, 0.3) is 0 Å². The molecule has 1 rings (SSSR count). The largest absolute Gasteiger partial charge is 0.514 e. The molecule has 0 amide bonds. The molecule has 0 saturated heterocycles. The van der Waals surface area contributed by atoms with Crippen LogP contribution in [-0.2, 0) is 34.9 Å². The van der Waals surface area contributed by atoms with Crippen LogP contribution in [0, 0.1) is 0 Å². The molecule has 0 aliphatic carbocycles. The summed E-state index contributed by atoms with van der Waals surface area (Å²) in [5.41, 5.74) is 6.44. The van der Waals surface area contributed by atoms with Crippen molar-refractivity contribution in [1.29, 1.82) is 0 Å². The molecule has 12 nitrogen and oxygen atoms in total. The SMILES string of the molecule is COC(=O)OC(C)[C@H](C)OC(=O)[C@@H](N)Cc1ccc(OC(=O)OC(C)C)c(OC(=O)OC(C)C)c1. The number of benzene rings is 1. The molecule has 0 aliphatic heterocycles. The van der Waals surface area contributed by atoms with Crippen LogP contribution in [0.5, 0.6) is 11.5 Å². The highest BCUT2D eigenvalue weighted by atomic mass is 16.8. The van der Waals surface area contributed by atoms with Gasteiger partial charge in [0.25, 0.3) is 0 Å². The molecule has 1 aromatic carbocycles. The summed E-state index contributed by atoms with van der Waals surface area (Å²) in [6.07, 6.45) is -5.37. The van der Waals surface area contributed by atoms with E-state index in [2.05, 4.69) is 4.74 Å². The summed E-state index contributed by atoms with van der Waals surface area (Å²) in [5.74, 6) is -0.984. The quantitative estimate of drug-likeness (QED) is 0.284. The maximum absolute atomic E-state index is 12.4. The Morgan fingerprint density at radius 1 is 0.743 bits per heavy atom. The topological polar surface area (TPSA) is 159 Å². The van der Waals surface area contributed by atoms with Crippen molar-refractivity contribution in [3.05, 3.63) is 23.8 Å². The molecule has 1 unspecified atom stereocenters. The van der Waals surface area contributed by atoms with Gasteiger partial charge in [-0.3, -0.25) is 4.79 Å². The molecule has 0 radical (unpaired) electrons. The van der Waals surface area contributed by atoms with Crippen LogP contribution < -0.4 is 15.2 Å². The second kappa shape index (κ2) is 14.0. The minimum Gasteiger partial charge on any atom is -0.458 e. The standard InChI is InChI=1S/C23H33NO11/c1-12(2)30-22(27)34-18-9-8-16(11-19(18)35-23(28)31-13(3)4)10-17(24)20(25)32-14(5)15(6)33-21(26)29-7/h8-9,11-15,17H,10,24H2,1-7H3/t14-,15?,17-/m0/s1. The van der Waals surface area contributed by atoms with Crippen LogP contribution in [-0.4, -0.2) is 62.0 Å². The second-order valence-corrected chi connectivity index (χ2v) is 8.05. The Labute approximate surface area is 203 Å². The summed E-state index contributed by atoms with van der Waals surface area (Å²) in [7, 11) is 1.16. The lowest BCUT2D eigenvalue weighted by atomic mass is 10.1. The highest BCUT2D eigenvalue weighted by Gasteiger charge is 2.25. The summed E-state index contributed by atoms with van der Waals surface area (Å²) in [6, 6.07) is 3.16. The first-order valence-electron chi connectivity index (χ1n) is 10.9. The van der Waals surface area contributed by atoms with Gasteiger partial charge in [-0.05, 0) is 65.7 Å². The number of carbonyl (C=O) groups is 4. The Morgan fingerprint density at radius 3 is 1.77 bits per heavy atom. The maximum Gasteiger partial charge on any atom is 0.514 e. The van der Waals surface area contributed by atoms with Crippen molar-refractivity contribution < 1.29 is 52.3 Å². The van der Waals surface area contributed by atoms with Crippen LogP contribution in [0.1, 0.15) is 47.1 Å². The molecule has 0 heterocycles. The smallest absolute Gasteiger partial charge is 0.458 e. The molecule has 0 spiro atoms. The first-order chi connectivity index (χ1) is 16.3. The van der Waals surface area contributed by atoms with Crippen LogP contribution in [0.3, 0.4) is 0 Å². The maximum atomic E-state index is 12.4. The Kier molecular flexibility index (Phi) is 11.8. The third kappa shape index (κ3) is 11.0. The Bertz CT molecular complexity index is 884. The third-order valence-corrected chi connectivity index (χ3v) is 4.23. The normalized spacial score (nSPS) is 13.3. The first kappa shape index (κ1) is 29.5. The van der Waals surface area contributed by atoms with Crippen molar-refractivity contribution in [3.8, 4) is 11.5 Å². The fourth-order valence-corrected chi connectivity index (χ4v) is 2.46. The van der Waals surface area contributed by atoms with Gasteiger partial charge in [-0.2, -0.15) is 0 Å². The van der Waals surface area contributed by atoms with E-state index in [1.165, 1.54) is 32.0 Å². The highest BCUT2D eigenvalue weighted by Crippen LogP contribution is 2.30. The van der Waals surface area contributed by atoms with Gasteiger partial charge in [0.1, 0.15) is 18.2 Å². The van der Waals surface area contributed by atoms with E-state index in [4.69, 9.17) is 34.2 Å². The number of ether oxygens (including phenoxy) is 7. The van der Waals surface area contributed by atoms with Crippen molar-refractivity contribution in [2.24, 2.45) is 5.73 Å². The average Bonchev–Trinajstić information content (AvgIpc) is 2.73. The van der Waals surface area contributed by atoms with Gasteiger partial charge in [-0.1, -0.05) is 6.07 Å². The fraction of sp³-hybridized carbons (Fsp3) is 0.565. The zero-order valence-electron chi connectivity index (χ0n) is 20.9. The summed E-state index contributed by atoms with van der Waals surface area (Å²) in [6.45, 7) is 9.63. The zero-order chi connectivity index (χ0) is 26.7. The Morgan fingerprint density at radius 2 is 1.26 bits per heavy atom. The summed E-state index contributed by atoms with van der Waals surface area (Å²) in [4.78, 5) is 47.5. The number of hydrogen-bond acceptors (Lipinski definition) is 12. The molecule has 1 aromatic rings. The number of esters is 1. The molecule has 0 aliphatic rings. The van der Waals surface area contributed by atoms with Crippen molar-refractivity contribution in [1.82, 2.24) is 0 Å². The van der Waals surface area contributed by atoms with E-state index in [0.29, 0.717) is 5.56 Å². The lowest BCUT2D eigenvalue weighted by molar-refractivity contribution is -0.155. The molecular weight excluding hydrogens is 466 g/mol. The predicted molar refractivity (Wildman–Crippen MR) is 121 cm³/mol. The van der Waals surface area contributed by atoms with Crippen molar-refractivity contribution in [2.75, 3.05) is 7.11 Å². The predicted octanol–water partition coefficient (Wildman–Crippen LogP) is 3.51. The minimum absolute atomic E-state index is 0.00982. The molecule has 0 fully saturated rings. The van der Waals surface area contributed by atoms with Gasteiger partial charge in [0.2, 0.25) is 0 Å². The molecule has 35 heavy (non-hydrogen) atoms. The first-order valence-corrected chi connectivity index (χ1v) is 10.9. The Balaban J connectivity index is 2.95. The molecule has 0 aromatic heterocycles. The Hall–Kier alpha value is -3.54. The van der Waals surface area contributed by atoms with Gasteiger partial charge < -0.3 is 38.9 Å². The number of rotatable bonds is 10. The molecular formula is C23H33NO11. The van der Waals surface area contributed by atoms with Crippen molar-refractivity contribution in [3.63, 3.8) is 0 Å². The summed E-state index contributed by atoms with van der Waals surface area (Å²) < 4.78 is 34.8. The number of methoxy groups -OCH3 is 1. The second-order valence-electron chi connectivity index (χ2n) is 8.05. The van der Waals surface area contributed by atoms with Crippen LogP contribution in [0.2, 0.25) is 0 Å². The molecule has 12 heteroatoms. The third-order valence-electron chi connectivity index (χ3n) is 4.23. The number of carbonyl (C=O) groups excluding carboxylic acids is 4. The van der Waals surface area contributed by atoms with Crippen LogP contribution >= 0.6 is 0 Å². The molecule has 2 N–H and O–H groups in total. The van der Waals surface area contributed by atoms with Gasteiger partial charge in [0.05, 0.1) is 19.3 Å².